The van der Waals surface area contributed by atoms with Crippen molar-refractivity contribution in [3.8, 4) is 6.01 Å². The Labute approximate surface area is 134 Å². The second-order valence-corrected chi connectivity index (χ2v) is 6.39. The van der Waals surface area contributed by atoms with E-state index in [4.69, 9.17) is 10.5 Å². The van der Waals surface area contributed by atoms with Gasteiger partial charge in [0.1, 0.15) is 5.52 Å². The van der Waals surface area contributed by atoms with E-state index < -0.39 is 5.60 Å². The van der Waals surface area contributed by atoms with Crippen LogP contribution in [0.2, 0.25) is 0 Å². The number of nitrogens with two attached hydrogens (primary N) is 1. The maximum atomic E-state index is 10.3. The van der Waals surface area contributed by atoms with Crippen LogP contribution in [0.15, 0.2) is 18.2 Å². The molecular formula is C17H22N4O2. The Morgan fingerprint density at radius 1 is 1.26 bits per heavy atom. The van der Waals surface area contributed by atoms with Gasteiger partial charge in [-0.05, 0) is 33.3 Å². The molecule has 3 N–H and O–H groups in total. The third-order valence-corrected chi connectivity index (χ3v) is 3.72. The number of nitrogens with zero attached hydrogens (tertiary/aromatic N) is 3. The summed E-state index contributed by atoms with van der Waals surface area (Å²) in [5, 5.41) is 11.2. The largest absolute Gasteiger partial charge is 0.465 e. The lowest BCUT2D eigenvalue weighted by atomic mass is 10.1. The molecule has 23 heavy (non-hydrogen) atoms. The molecule has 2 aromatic heterocycles. The molecule has 0 unspecified atom stereocenters. The fraction of sp³-hybridized carbons (Fsp3) is 0.412. The van der Waals surface area contributed by atoms with Gasteiger partial charge in [0.15, 0.2) is 5.82 Å². The summed E-state index contributed by atoms with van der Waals surface area (Å²) in [5.74, 6) is 0.372. The molecule has 0 amide bonds. The van der Waals surface area contributed by atoms with Crippen LogP contribution >= 0.6 is 0 Å². The zero-order chi connectivity index (χ0) is 16.8. The highest BCUT2D eigenvalue weighted by Crippen LogP contribution is 2.33. The lowest BCUT2D eigenvalue weighted by Crippen LogP contribution is -2.26. The SMILES string of the molecule is CCOc1nc2c(N)nc3c(C)cccc3c2n1CC(C)(C)O. The first-order chi connectivity index (χ1) is 10.8. The summed E-state index contributed by atoms with van der Waals surface area (Å²) >= 11 is 0. The zero-order valence-electron chi connectivity index (χ0n) is 13.9. The molecular weight excluding hydrogens is 292 g/mol. The highest BCUT2D eigenvalue weighted by molar-refractivity contribution is 6.07. The molecule has 0 fully saturated rings. The van der Waals surface area contributed by atoms with Crippen LogP contribution in [-0.2, 0) is 6.54 Å². The van der Waals surface area contributed by atoms with E-state index >= 15 is 0 Å². The van der Waals surface area contributed by atoms with Gasteiger partial charge >= 0.3 is 0 Å². The van der Waals surface area contributed by atoms with Gasteiger partial charge in [0, 0.05) is 5.39 Å². The van der Waals surface area contributed by atoms with Crippen LogP contribution in [0.1, 0.15) is 26.3 Å². The van der Waals surface area contributed by atoms with Gasteiger partial charge in [-0.15, -0.1) is 0 Å². The minimum Gasteiger partial charge on any atom is -0.465 e. The Bertz CT molecular complexity index is 878. The molecule has 0 aliphatic carbocycles. The molecule has 0 saturated carbocycles. The second kappa shape index (κ2) is 5.38. The number of hydrogen-bond acceptors (Lipinski definition) is 5. The molecule has 0 spiro atoms. The first kappa shape index (κ1) is 15.6. The number of aromatic nitrogens is 3. The van der Waals surface area contributed by atoms with E-state index in [1.807, 2.05) is 36.6 Å². The number of fused-ring (bicyclic) bond motifs is 3. The van der Waals surface area contributed by atoms with E-state index in [1.54, 1.807) is 13.8 Å². The number of benzene rings is 1. The maximum Gasteiger partial charge on any atom is 0.297 e. The molecule has 1 aromatic carbocycles. The highest BCUT2D eigenvalue weighted by atomic mass is 16.5. The number of rotatable bonds is 4. The van der Waals surface area contributed by atoms with E-state index in [2.05, 4.69) is 9.97 Å². The molecule has 0 radical (unpaired) electrons. The number of imidazole rings is 1. The summed E-state index contributed by atoms with van der Waals surface area (Å²) < 4.78 is 7.55. The number of ether oxygens (including phenoxy) is 1. The summed E-state index contributed by atoms with van der Waals surface area (Å²) in [7, 11) is 0. The number of nitrogen functional groups attached to an aromatic ring is 1. The summed E-state index contributed by atoms with van der Waals surface area (Å²) in [6.45, 7) is 8.25. The van der Waals surface area contributed by atoms with Gasteiger partial charge in [0.25, 0.3) is 6.01 Å². The van der Waals surface area contributed by atoms with Crippen LogP contribution in [-0.4, -0.2) is 31.8 Å². The van der Waals surface area contributed by atoms with Gasteiger partial charge in [-0.1, -0.05) is 18.2 Å². The molecule has 6 heteroatoms. The topological polar surface area (TPSA) is 86.2 Å². The molecule has 2 heterocycles. The van der Waals surface area contributed by atoms with Gasteiger partial charge in [-0.3, -0.25) is 4.57 Å². The fourth-order valence-electron chi connectivity index (χ4n) is 2.83. The molecule has 0 aliphatic rings. The van der Waals surface area contributed by atoms with Gasteiger partial charge < -0.3 is 15.6 Å². The van der Waals surface area contributed by atoms with Crippen LogP contribution in [0.25, 0.3) is 21.9 Å². The number of para-hydroxylation sites is 1. The summed E-state index contributed by atoms with van der Waals surface area (Å²) in [6, 6.07) is 6.43. The number of pyridine rings is 1. The first-order valence-electron chi connectivity index (χ1n) is 7.72. The molecule has 122 valence electrons. The van der Waals surface area contributed by atoms with E-state index in [-0.39, 0.29) is 0 Å². The normalized spacial score (nSPS) is 12.2. The summed E-state index contributed by atoms with van der Waals surface area (Å²) in [5.41, 5.74) is 8.57. The smallest absolute Gasteiger partial charge is 0.297 e. The molecule has 0 saturated heterocycles. The third-order valence-electron chi connectivity index (χ3n) is 3.72. The van der Waals surface area contributed by atoms with Crippen molar-refractivity contribution in [1.82, 2.24) is 14.5 Å². The van der Waals surface area contributed by atoms with Crippen LogP contribution in [0.5, 0.6) is 6.01 Å². The van der Waals surface area contributed by atoms with E-state index in [0.717, 1.165) is 22.0 Å². The zero-order valence-corrected chi connectivity index (χ0v) is 13.9. The molecule has 3 rings (SSSR count). The maximum absolute atomic E-state index is 10.3. The van der Waals surface area contributed by atoms with Gasteiger partial charge in [0.05, 0.1) is 29.8 Å². The van der Waals surface area contributed by atoms with Crippen LogP contribution in [0.4, 0.5) is 5.82 Å². The molecule has 3 aromatic rings. The quantitative estimate of drug-likeness (QED) is 0.773. The number of aliphatic hydroxyl groups is 1. The van der Waals surface area contributed by atoms with Crippen molar-refractivity contribution >= 4 is 27.8 Å². The Hall–Kier alpha value is -2.34. The number of aryl methyl sites for hydroxylation is 1. The Morgan fingerprint density at radius 3 is 2.65 bits per heavy atom. The number of hydrogen-bond donors (Lipinski definition) is 2. The van der Waals surface area contributed by atoms with Crippen molar-refractivity contribution in [3.63, 3.8) is 0 Å². The van der Waals surface area contributed by atoms with E-state index in [0.29, 0.717) is 30.5 Å². The molecule has 0 aliphatic heterocycles. The predicted molar refractivity (Wildman–Crippen MR) is 91.7 cm³/mol. The monoisotopic (exact) mass is 314 g/mol. The second-order valence-electron chi connectivity index (χ2n) is 6.39. The van der Waals surface area contributed by atoms with Crippen LogP contribution in [0.3, 0.4) is 0 Å². The summed E-state index contributed by atoms with van der Waals surface area (Å²) in [4.78, 5) is 9.01. The predicted octanol–water partition coefficient (Wildman–Crippen LogP) is 2.64. The highest BCUT2D eigenvalue weighted by Gasteiger charge is 2.23. The minimum absolute atomic E-state index is 0.353. The van der Waals surface area contributed by atoms with Crippen LogP contribution < -0.4 is 10.5 Å². The van der Waals surface area contributed by atoms with Crippen LogP contribution in [0, 0.1) is 6.92 Å². The Balaban J connectivity index is 2.43. The van der Waals surface area contributed by atoms with Crippen molar-refractivity contribution in [1.29, 1.82) is 0 Å². The van der Waals surface area contributed by atoms with Gasteiger partial charge in [-0.2, -0.15) is 4.98 Å². The molecule has 6 nitrogen and oxygen atoms in total. The lowest BCUT2D eigenvalue weighted by Gasteiger charge is -2.20. The van der Waals surface area contributed by atoms with Gasteiger partial charge in [-0.25, -0.2) is 4.98 Å². The lowest BCUT2D eigenvalue weighted by molar-refractivity contribution is 0.0595. The fourth-order valence-corrected chi connectivity index (χ4v) is 2.83. The Morgan fingerprint density at radius 2 is 2.00 bits per heavy atom. The molecule has 0 atom stereocenters. The van der Waals surface area contributed by atoms with E-state index in [1.165, 1.54) is 0 Å². The minimum atomic E-state index is -0.909. The third kappa shape index (κ3) is 2.70. The summed E-state index contributed by atoms with van der Waals surface area (Å²) in [6.07, 6.45) is 0. The molecule has 0 bridgehead atoms. The average Bonchev–Trinajstić information content (AvgIpc) is 2.79. The van der Waals surface area contributed by atoms with E-state index in [9.17, 15) is 5.11 Å². The van der Waals surface area contributed by atoms with Gasteiger partial charge in [0.2, 0.25) is 0 Å². The Kier molecular flexibility index (Phi) is 3.64. The average molecular weight is 314 g/mol. The number of anilines is 1. The van der Waals surface area contributed by atoms with Crippen molar-refractivity contribution in [2.24, 2.45) is 0 Å². The standard InChI is InChI=1S/C17H22N4O2/c1-5-23-16-20-13-14(21(16)9-17(3,4)22)11-8-6-7-10(2)12(11)19-15(13)18/h6-8,22H,5,9H2,1-4H3,(H2,18,19). The van der Waals surface area contributed by atoms with Crippen molar-refractivity contribution in [2.75, 3.05) is 12.3 Å². The van der Waals surface area contributed by atoms with Crippen molar-refractivity contribution < 1.29 is 9.84 Å². The first-order valence-corrected chi connectivity index (χ1v) is 7.72. The van der Waals surface area contributed by atoms with Crippen molar-refractivity contribution in [3.05, 3.63) is 23.8 Å². The van der Waals surface area contributed by atoms with Crippen molar-refractivity contribution in [2.45, 2.75) is 39.8 Å².